The average Bonchev–Trinajstić information content (AvgIpc) is 3.56. The molecular formula is C21H30ClN4O11P. The van der Waals surface area contributed by atoms with E-state index in [1.54, 1.807) is 12.1 Å². The molecule has 3 heterocycles. The molecule has 0 aromatic carbocycles. The molecule has 1 aliphatic heterocycles. The fraction of sp³-hybridized carbons (Fsp3) is 0.667. The number of rotatable bonds is 12. The smallest absolute Gasteiger partial charge is 0.361 e. The Kier molecular flexibility index (Phi) is 8.94. The van der Waals surface area contributed by atoms with Gasteiger partial charge >= 0.3 is 13.6 Å². The Hall–Kier alpha value is -1.91. The topological polar surface area (TPSA) is 225 Å². The summed E-state index contributed by atoms with van der Waals surface area (Å²) in [7, 11) is -5.21. The molecule has 1 aliphatic carbocycles. The number of halogens is 1. The molecular weight excluding hydrogens is 551 g/mol. The predicted octanol–water partition coefficient (Wildman–Crippen LogP) is -0.117. The number of carboxylic acids is 1. The van der Waals surface area contributed by atoms with Gasteiger partial charge in [-0.1, -0.05) is 12.8 Å². The molecule has 1 unspecified atom stereocenters. The minimum atomic E-state index is -5.21. The van der Waals surface area contributed by atoms with E-state index in [1.165, 1.54) is 4.52 Å². The SMILES string of the molecule is O=C(O)COCC(CO)(OC[C@H]1O[C@@H](c2ccc3c(NC4CCCC4)nc(Cl)nn23)[C@H](O)[C@@H]1O)P(=O)(O)O. The number of fused-ring (bicyclic) bond motifs is 1. The lowest BCUT2D eigenvalue weighted by Gasteiger charge is -2.33. The van der Waals surface area contributed by atoms with Crippen molar-refractivity contribution in [1.29, 1.82) is 0 Å². The molecule has 15 nitrogen and oxygen atoms in total. The van der Waals surface area contributed by atoms with Gasteiger partial charge in [0.25, 0.3) is 0 Å². The van der Waals surface area contributed by atoms with E-state index in [2.05, 4.69) is 15.4 Å². The summed E-state index contributed by atoms with van der Waals surface area (Å²) in [5, 5.41) is 44.7. The van der Waals surface area contributed by atoms with Crippen molar-refractivity contribution >= 4 is 36.5 Å². The second-order valence-electron chi connectivity index (χ2n) is 9.33. The maximum Gasteiger partial charge on any atom is 0.361 e. The van der Waals surface area contributed by atoms with E-state index in [4.69, 9.17) is 30.9 Å². The molecule has 2 aliphatic rings. The molecule has 0 amide bonds. The molecule has 17 heteroatoms. The monoisotopic (exact) mass is 580 g/mol. The summed E-state index contributed by atoms with van der Waals surface area (Å²) >= 11 is 6.16. The van der Waals surface area contributed by atoms with Gasteiger partial charge in [0, 0.05) is 6.04 Å². The Balaban J connectivity index is 1.52. The average molecular weight is 581 g/mol. The molecule has 4 rings (SSSR count). The highest BCUT2D eigenvalue weighted by Crippen LogP contribution is 2.51. The van der Waals surface area contributed by atoms with E-state index < -0.39 is 69.8 Å². The van der Waals surface area contributed by atoms with Gasteiger partial charge in [0.15, 0.2) is 5.82 Å². The second-order valence-corrected chi connectivity index (χ2v) is 11.6. The quantitative estimate of drug-likeness (QED) is 0.163. The number of aromatic nitrogens is 3. The van der Waals surface area contributed by atoms with Crippen LogP contribution < -0.4 is 5.32 Å². The van der Waals surface area contributed by atoms with Crippen molar-refractivity contribution in [2.24, 2.45) is 0 Å². The van der Waals surface area contributed by atoms with Gasteiger partial charge in [-0.25, -0.2) is 9.31 Å². The van der Waals surface area contributed by atoms with E-state index in [9.17, 15) is 34.5 Å². The standard InChI is InChI=1S/C21H30ClN4O11P/c22-20-24-19(23-11-3-1-2-4-11)13-6-5-12(26(13)25-20)18-17(31)16(30)14(37-18)7-36-21(9-27,38(32,33)34)10-35-8-15(28)29/h5-6,11,14,16-18,27,30-31H,1-4,7-10H2,(H,28,29)(H,23,24,25)(H2,32,33,34)/t14-,16-,17-,18+,21?/m1/s1. The minimum Gasteiger partial charge on any atom is -0.480 e. The highest BCUT2D eigenvalue weighted by Gasteiger charge is 2.51. The number of carbonyl (C=O) groups is 1. The number of ether oxygens (including phenoxy) is 3. The number of aliphatic hydroxyl groups excluding tert-OH is 3. The molecule has 5 atom stereocenters. The molecule has 0 bridgehead atoms. The van der Waals surface area contributed by atoms with E-state index in [0.29, 0.717) is 17.0 Å². The van der Waals surface area contributed by atoms with Crippen LogP contribution >= 0.6 is 19.2 Å². The first kappa shape index (κ1) is 29.1. The van der Waals surface area contributed by atoms with Crippen LogP contribution in [0.2, 0.25) is 5.28 Å². The largest absolute Gasteiger partial charge is 0.480 e. The van der Waals surface area contributed by atoms with Gasteiger partial charge in [0.05, 0.1) is 25.5 Å². The summed E-state index contributed by atoms with van der Waals surface area (Å²) < 4.78 is 29.4. The van der Waals surface area contributed by atoms with Crippen molar-refractivity contribution in [1.82, 2.24) is 14.6 Å². The van der Waals surface area contributed by atoms with Crippen LogP contribution in [-0.4, -0.2) is 107 Å². The van der Waals surface area contributed by atoms with Crippen molar-refractivity contribution in [2.75, 3.05) is 31.7 Å². The van der Waals surface area contributed by atoms with Crippen molar-refractivity contribution in [3.05, 3.63) is 23.1 Å². The molecule has 7 N–H and O–H groups in total. The summed E-state index contributed by atoms with van der Waals surface area (Å²) in [5.41, 5.74) is 0.902. The third-order valence-electron chi connectivity index (χ3n) is 6.71. The second kappa shape index (κ2) is 11.7. The zero-order valence-electron chi connectivity index (χ0n) is 20.1. The third-order valence-corrected chi connectivity index (χ3v) is 8.33. The fourth-order valence-electron chi connectivity index (χ4n) is 4.63. The predicted molar refractivity (Wildman–Crippen MR) is 130 cm³/mol. The number of aliphatic hydroxyl groups is 3. The van der Waals surface area contributed by atoms with E-state index in [1.807, 2.05) is 0 Å². The number of anilines is 1. The minimum absolute atomic E-state index is 0.0564. The summed E-state index contributed by atoms with van der Waals surface area (Å²) in [6, 6.07) is 3.57. The lowest BCUT2D eigenvalue weighted by Crippen LogP contribution is -2.45. The Bertz CT molecular complexity index is 1190. The molecule has 38 heavy (non-hydrogen) atoms. The maximum absolute atomic E-state index is 12.1. The first-order valence-electron chi connectivity index (χ1n) is 11.9. The zero-order chi connectivity index (χ0) is 27.7. The van der Waals surface area contributed by atoms with E-state index in [-0.39, 0.29) is 11.3 Å². The molecule has 0 radical (unpaired) electrons. The number of nitrogens with zero attached hydrogens (tertiary/aromatic N) is 3. The normalized spacial score (nSPS) is 26.2. The van der Waals surface area contributed by atoms with Gasteiger partial charge in [0.2, 0.25) is 10.6 Å². The molecule has 1 saturated heterocycles. The van der Waals surface area contributed by atoms with Gasteiger partial charge in [-0.3, -0.25) is 4.57 Å². The van der Waals surface area contributed by atoms with Gasteiger partial charge in [-0.05, 0) is 36.6 Å². The number of hydrogen-bond donors (Lipinski definition) is 7. The summed E-state index contributed by atoms with van der Waals surface area (Å²) in [5.74, 6) is -0.889. The first-order valence-corrected chi connectivity index (χ1v) is 13.9. The fourth-order valence-corrected chi connectivity index (χ4v) is 5.48. The van der Waals surface area contributed by atoms with Gasteiger partial charge < -0.3 is 49.7 Å². The lowest BCUT2D eigenvalue weighted by molar-refractivity contribution is -0.149. The number of carboxylic acid groups (broad SMARTS) is 1. The Morgan fingerprint density at radius 3 is 2.61 bits per heavy atom. The highest BCUT2D eigenvalue weighted by atomic mass is 35.5. The van der Waals surface area contributed by atoms with Crippen molar-refractivity contribution < 1.29 is 53.8 Å². The third kappa shape index (κ3) is 5.97. The van der Waals surface area contributed by atoms with Crippen LogP contribution in [0.4, 0.5) is 5.82 Å². The van der Waals surface area contributed by atoms with E-state index in [0.717, 1.165) is 25.7 Å². The van der Waals surface area contributed by atoms with Crippen LogP contribution in [0.5, 0.6) is 0 Å². The Morgan fingerprint density at radius 2 is 1.97 bits per heavy atom. The molecule has 1 saturated carbocycles. The van der Waals surface area contributed by atoms with Crippen molar-refractivity contribution in [3.8, 4) is 0 Å². The maximum atomic E-state index is 12.1. The Morgan fingerprint density at radius 1 is 1.26 bits per heavy atom. The summed E-state index contributed by atoms with van der Waals surface area (Å²) in [4.78, 5) is 34.5. The van der Waals surface area contributed by atoms with Crippen LogP contribution in [-0.2, 0) is 23.6 Å². The van der Waals surface area contributed by atoms with Gasteiger partial charge in [-0.2, -0.15) is 4.98 Å². The van der Waals surface area contributed by atoms with Crippen molar-refractivity contribution in [3.63, 3.8) is 0 Å². The van der Waals surface area contributed by atoms with Gasteiger partial charge in [-0.15, -0.1) is 5.10 Å². The van der Waals surface area contributed by atoms with Crippen LogP contribution in [0.15, 0.2) is 12.1 Å². The van der Waals surface area contributed by atoms with Crippen LogP contribution in [0, 0.1) is 0 Å². The molecule has 0 spiro atoms. The number of aliphatic carboxylic acids is 1. The van der Waals surface area contributed by atoms with Crippen LogP contribution in [0.25, 0.3) is 5.52 Å². The molecule has 2 fully saturated rings. The molecule has 2 aromatic heterocycles. The molecule has 2 aromatic rings. The first-order chi connectivity index (χ1) is 18.0. The van der Waals surface area contributed by atoms with Crippen LogP contribution in [0.1, 0.15) is 37.5 Å². The highest BCUT2D eigenvalue weighted by molar-refractivity contribution is 7.53. The number of nitrogens with one attached hydrogen (secondary N) is 1. The van der Waals surface area contributed by atoms with Gasteiger partial charge in [0.1, 0.15) is 36.5 Å². The zero-order valence-corrected chi connectivity index (χ0v) is 21.7. The Labute approximate surface area is 221 Å². The number of hydrogen-bond acceptors (Lipinski definition) is 11. The lowest BCUT2D eigenvalue weighted by atomic mass is 10.1. The summed E-state index contributed by atoms with van der Waals surface area (Å²) in [6.45, 7) is -3.74. The van der Waals surface area contributed by atoms with Crippen LogP contribution in [0.3, 0.4) is 0 Å². The molecule has 212 valence electrons. The van der Waals surface area contributed by atoms with E-state index >= 15 is 0 Å². The van der Waals surface area contributed by atoms with Crippen molar-refractivity contribution in [2.45, 2.75) is 61.5 Å². The summed E-state index contributed by atoms with van der Waals surface area (Å²) in [6.07, 6.45) is -1.26.